The lowest BCUT2D eigenvalue weighted by Gasteiger charge is -2.25. The number of guanidine groups is 1. The third-order valence-corrected chi connectivity index (χ3v) is 3.73. The molecular weight excluding hydrogens is 226 g/mol. The molecule has 1 aromatic heterocycles. The van der Waals surface area contributed by atoms with E-state index in [-0.39, 0.29) is 0 Å². The number of hydrogen-bond donors (Lipinski definition) is 2. The first-order chi connectivity index (χ1) is 8.72. The Morgan fingerprint density at radius 2 is 2.17 bits per heavy atom. The summed E-state index contributed by atoms with van der Waals surface area (Å²) in [6.07, 6.45) is 7.03. The molecule has 4 nitrogen and oxygen atoms in total. The van der Waals surface area contributed by atoms with Crippen LogP contribution in [0.5, 0.6) is 0 Å². The van der Waals surface area contributed by atoms with Gasteiger partial charge in [0.1, 0.15) is 5.76 Å². The van der Waals surface area contributed by atoms with E-state index in [0.29, 0.717) is 12.0 Å². The van der Waals surface area contributed by atoms with Crippen LogP contribution in [0.15, 0.2) is 27.8 Å². The van der Waals surface area contributed by atoms with Crippen LogP contribution in [0.3, 0.4) is 0 Å². The molecule has 100 valence electrons. The van der Waals surface area contributed by atoms with E-state index in [0.717, 1.165) is 18.3 Å². The fourth-order valence-electron chi connectivity index (χ4n) is 2.51. The zero-order valence-corrected chi connectivity index (χ0v) is 11.3. The molecule has 1 heterocycles. The Balaban J connectivity index is 1.75. The van der Waals surface area contributed by atoms with E-state index in [1.54, 1.807) is 13.3 Å². The topological polar surface area (TPSA) is 49.6 Å². The van der Waals surface area contributed by atoms with Crippen molar-refractivity contribution in [3.8, 4) is 0 Å². The first-order valence-corrected chi connectivity index (χ1v) is 6.69. The molecule has 0 unspecified atom stereocenters. The standard InChI is InChI=1S/C14H23N3O/c1-14(7-3-4-8-14)11-17-13(15-2)16-10-12-6-5-9-18-12/h5-6,9H,3-4,7-8,10-11H2,1-2H3,(H2,15,16,17). The number of aliphatic imine (C=N–C) groups is 1. The molecule has 1 aliphatic rings. The highest BCUT2D eigenvalue weighted by molar-refractivity contribution is 5.79. The van der Waals surface area contributed by atoms with Crippen molar-refractivity contribution in [1.29, 1.82) is 0 Å². The predicted octanol–water partition coefficient (Wildman–Crippen LogP) is 2.52. The number of nitrogens with zero attached hydrogens (tertiary/aromatic N) is 1. The van der Waals surface area contributed by atoms with E-state index in [1.165, 1.54) is 25.7 Å². The largest absolute Gasteiger partial charge is 0.467 e. The second kappa shape index (κ2) is 5.94. The molecule has 0 aromatic carbocycles. The monoisotopic (exact) mass is 249 g/mol. The SMILES string of the molecule is CN=C(NCc1ccco1)NCC1(C)CCCC1. The second-order valence-corrected chi connectivity index (χ2v) is 5.38. The summed E-state index contributed by atoms with van der Waals surface area (Å²) in [5.41, 5.74) is 0.433. The zero-order chi connectivity index (χ0) is 12.8. The van der Waals surface area contributed by atoms with Gasteiger partial charge in [0.05, 0.1) is 12.8 Å². The third-order valence-electron chi connectivity index (χ3n) is 3.73. The van der Waals surface area contributed by atoms with Gasteiger partial charge in [0, 0.05) is 13.6 Å². The van der Waals surface area contributed by atoms with E-state index < -0.39 is 0 Å². The Bertz CT molecular complexity index is 378. The molecule has 0 amide bonds. The van der Waals surface area contributed by atoms with E-state index in [1.807, 2.05) is 12.1 Å². The molecule has 0 radical (unpaired) electrons. The maximum Gasteiger partial charge on any atom is 0.191 e. The molecule has 4 heteroatoms. The van der Waals surface area contributed by atoms with Gasteiger partial charge in [-0.2, -0.15) is 0 Å². The molecule has 0 spiro atoms. The molecule has 18 heavy (non-hydrogen) atoms. The zero-order valence-electron chi connectivity index (χ0n) is 11.3. The van der Waals surface area contributed by atoms with Crippen LogP contribution in [0.1, 0.15) is 38.4 Å². The Labute approximate surface area is 109 Å². The lowest BCUT2D eigenvalue weighted by atomic mass is 9.89. The minimum atomic E-state index is 0.433. The fourth-order valence-corrected chi connectivity index (χ4v) is 2.51. The van der Waals surface area contributed by atoms with Gasteiger partial charge in [-0.3, -0.25) is 4.99 Å². The summed E-state index contributed by atoms with van der Waals surface area (Å²) < 4.78 is 5.28. The van der Waals surface area contributed by atoms with Gasteiger partial charge in [-0.1, -0.05) is 19.8 Å². The highest BCUT2D eigenvalue weighted by atomic mass is 16.3. The molecule has 2 rings (SSSR count). The van der Waals surface area contributed by atoms with Crippen molar-refractivity contribution in [2.45, 2.75) is 39.2 Å². The summed E-state index contributed by atoms with van der Waals surface area (Å²) in [6, 6.07) is 3.85. The Morgan fingerprint density at radius 3 is 2.78 bits per heavy atom. The van der Waals surface area contributed by atoms with E-state index in [4.69, 9.17) is 4.42 Å². The summed E-state index contributed by atoms with van der Waals surface area (Å²) >= 11 is 0. The second-order valence-electron chi connectivity index (χ2n) is 5.38. The van der Waals surface area contributed by atoms with Gasteiger partial charge >= 0.3 is 0 Å². The number of furan rings is 1. The van der Waals surface area contributed by atoms with Crippen molar-refractivity contribution in [1.82, 2.24) is 10.6 Å². The summed E-state index contributed by atoms with van der Waals surface area (Å²) in [5.74, 6) is 1.77. The minimum absolute atomic E-state index is 0.433. The number of nitrogens with one attached hydrogen (secondary N) is 2. The molecule has 1 saturated carbocycles. The van der Waals surface area contributed by atoms with Crippen LogP contribution in [-0.2, 0) is 6.54 Å². The molecule has 2 N–H and O–H groups in total. The minimum Gasteiger partial charge on any atom is -0.467 e. The van der Waals surface area contributed by atoms with Crippen LogP contribution in [-0.4, -0.2) is 19.6 Å². The van der Waals surface area contributed by atoms with Crippen molar-refractivity contribution in [3.63, 3.8) is 0 Å². The Morgan fingerprint density at radius 1 is 1.39 bits per heavy atom. The third kappa shape index (κ3) is 3.52. The molecule has 0 saturated heterocycles. The van der Waals surface area contributed by atoms with Crippen LogP contribution in [0.2, 0.25) is 0 Å². The summed E-state index contributed by atoms with van der Waals surface area (Å²) in [6.45, 7) is 4.01. The van der Waals surface area contributed by atoms with Gasteiger partial charge in [-0.15, -0.1) is 0 Å². The fraction of sp³-hybridized carbons (Fsp3) is 0.643. The Hall–Kier alpha value is -1.45. The molecule has 0 bridgehead atoms. The highest BCUT2D eigenvalue weighted by Crippen LogP contribution is 2.36. The summed E-state index contributed by atoms with van der Waals surface area (Å²) in [7, 11) is 1.80. The molecule has 1 fully saturated rings. The van der Waals surface area contributed by atoms with Crippen LogP contribution in [0, 0.1) is 5.41 Å². The quantitative estimate of drug-likeness (QED) is 0.637. The van der Waals surface area contributed by atoms with Crippen molar-refractivity contribution in [2.75, 3.05) is 13.6 Å². The van der Waals surface area contributed by atoms with Crippen molar-refractivity contribution in [3.05, 3.63) is 24.2 Å². The van der Waals surface area contributed by atoms with Gasteiger partial charge in [-0.05, 0) is 30.4 Å². The molecular formula is C14H23N3O. The van der Waals surface area contributed by atoms with Crippen molar-refractivity contribution in [2.24, 2.45) is 10.4 Å². The average molecular weight is 249 g/mol. The normalized spacial score (nSPS) is 18.9. The van der Waals surface area contributed by atoms with Crippen LogP contribution in [0.4, 0.5) is 0 Å². The lowest BCUT2D eigenvalue weighted by molar-refractivity contribution is 0.334. The van der Waals surface area contributed by atoms with Gasteiger partial charge < -0.3 is 15.1 Å². The first kappa shape index (κ1) is 13.0. The number of rotatable bonds is 4. The molecule has 1 aromatic rings. The first-order valence-electron chi connectivity index (χ1n) is 6.69. The van der Waals surface area contributed by atoms with E-state index in [9.17, 15) is 0 Å². The van der Waals surface area contributed by atoms with Gasteiger partial charge in [0.15, 0.2) is 5.96 Å². The van der Waals surface area contributed by atoms with Crippen molar-refractivity contribution >= 4 is 5.96 Å². The van der Waals surface area contributed by atoms with Gasteiger partial charge in [-0.25, -0.2) is 0 Å². The molecule has 0 atom stereocenters. The predicted molar refractivity (Wildman–Crippen MR) is 73.5 cm³/mol. The number of hydrogen-bond acceptors (Lipinski definition) is 2. The Kier molecular flexibility index (Phi) is 4.28. The van der Waals surface area contributed by atoms with E-state index in [2.05, 4.69) is 22.5 Å². The maximum atomic E-state index is 5.28. The van der Waals surface area contributed by atoms with Crippen LogP contribution < -0.4 is 10.6 Å². The average Bonchev–Trinajstić information content (AvgIpc) is 3.01. The smallest absolute Gasteiger partial charge is 0.191 e. The lowest BCUT2D eigenvalue weighted by Crippen LogP contribution is -2.41. The maximum absolute atomic E-state index is 5.28. The van der Waals surface area contributed by atoms with Crippen LogP contribution in [0.25, 0.3) is 0 Å². The molecule has 1 aliphatic carbocycles. The van der Waals surface area contributed by atoms with Gasteiger partial charge in [0.2, 0.25) is 0 Å². The van der Waals surface area contributed by atoms with Gasteiger partial charge in [0.25, 0.3) is 0 Å². The highest BCUT2D eigenvalue weighted by Gasteiger charge is 2.28. The van der Waals surface area contributed by atoms with E-state index >= 15 is 0 Å². The van der Waals surface area contributed by atoms with Crippen LogP contribution >= 0.6 is 0 Å². The summed E-state index contributed by atoms with van der Waals surface area (Å²) in [4.78, 5) is 4.23. The van der Waals surface area contributed by atoms with Crippen molar-refractivity contribution < 1.29 is 4.42 Å². The molecule has 0 aliphatic heterocycles. The summed E-state index contributed by atoms with van der Waals surface area (Å²) in [5, 5.41) is 6.67.